The summed E-state index contributed by atoms with van der Waals surface area (Å²) in [5.41, 5.74) is 0.953. The summed E-state index contributed by atoms with van der Waals surface area (Å²) in [5.74, 6) is 0.740. The van der Waals surface area contributed by atoms with E-state index in [1.165, 1.54) is 4.90 Å². The molecule has 1 aliphatic heterocycles. The van der Waals surface area contributed by atoms with Crippen molar-refractivity contribution >= 4 is 0 Å². The molecule has 1 aliphatic rings. The second-order valence-electron chi connectivity index (χ2n) is 5.40. The second-order valence-corrected chi connectivity index (χ2v) is 5.40. The summed E-state index contributed by atoms with van der Waals surface area (Å²) in [4.78, 5) is 1.25. The highest BCUT2D eigenvalue weighted by Gasteiger charge is 2.40. The number of nitrogens with zero attached hydrogens (tertiary/aromatic N) is 3. The van der Waals surface area contributed by atoms with Crippen LogP contribution in [-0.4, -0.2) is 40.4 Å². The number of aromatic nitrogens is 2. The van der Waals surface area contributed by atoms with Crippen LogP contribution in [0.5, 0.6) is 5.75 Å². The first-order valence-corrected chi connectivity index (χ1v) is 7.51. The van der Waals surface area contributed by atoms with Crippen LogP contribution in [0.3, 0.4) is 0 Å². The minimum absolute atomic E-state index is 0.0251. The maximum Gasteiger partial charge on any atom is 0.304 e. The molecule has 0 amide bonds. The molecular weight excluding hydrogens is 288 g/mol. The monoisotopic (exact) mass is 307 g/mol. The molecule has 0 N–H and O–H groups in total. The Morgan fingerprint density at radius 3 is 2.68 bits per heavy atom. The highest BCUT2D eigenvalue weighted by molar-refractivity contribution is 5.36. The Morgan fingerprint density at radius 2 is 2.05 bits per heavy atom. The lowest BCUT2D eigenvalue weighted by molar-refractivity contribution is -0.119. The third-order valence-corrected chi connectivity index (χ3v) is 3.82. The molecule has 4 nitrogen and oxygen atoms in total. The zero-order chi connectivity index (χ0) is 15.4. The zero-order valence-electron chi connectivity index (χ0n) is 12.3. The maximum atomic E-state index is 13.4. The highest BCUT2D eigenvalue weighted by Crippen LogP contribution is 2.31. The molecule has 0 saturated carbocycles. The van der Waals surface area contributed by atoms with Gasteiger partial charge in [-0.2, -0.15) is 13.9 Å². The van der Waals surface area contributed by atoms with Gasteiger partial charge in [-0.15, -0.1) is 0 Å². The lowest BCUT2D eigenvalue weighted by Gasteiger charge is -2.23. The van der Waals surface area contributed by atoms with E-state index in [2.05, 4.69) is 5.10 Å². The average molecular weight is 307 g/mol. The first-order chi connectivity index (χ1) is 10.6. The number of rotatable bonds is 6. The molecule has 0 radical (unpaired) electrons. The van der Waals surface area contributed by atoms with Gasteiger partial charge in [0, 0.05) is 31.9 Å². The summed E-state index contributed by atoms with van der Waals surface area (Å²) in [5, 5.41) is 4.15. The Morgan fingerprint density at radius 1 is 1.23 bits per heavy atom. The SMILES string of the molecule is FC1(F)CCCN1CCCOc1ccc(-n2cccn2)cc1. The lowest BCUT2D eigenvalue weighted by atomic mass is 10.3. The summed E-state index contributed by atoms with van der Waals surface area (Å²) < 4.78 is 34.2. The van der Waals surface area contributed by atoms with Crippen LogP contribution in [0, 0.1) is 0 Å². The van der Waals surface area contributed by atoms with E-state index in [0.717, 1.165) is 11.4 Å². The summed E-state index contributed by atoms with van der Waals surface area (Å²) in [6.45, 7) is 1.29. The van der Waals surface area contributed by atoms with E-state index >= 15 is 0 Å². The Kier molecular flexibility index (Phi) is 4.38. The molecular formula is C16H19F2N3O. The van der Waals surface area contributed by atoms with Crippen molar-refractivity contribution in [1.29, 1.82) is 0 Å². The van der Waals surface area contributed by atoms with Gasteiger partial charge in [0.05, 0.1) is 12.3 Å². The molecule has 2 aromatic rings. The fourth-order valence-corrected chi connectivity index (χ4v) is 2.64. The quantitative estimate of drug-likeness (QED) is 0.606. The van der Waals surface area contributed by atoms with Crippen molar-refractivity contribution < 1.29 is 13.5 Å². The number of hydrogen-bond donors (Lipinski definition) is 0. The van der Waals surface area contributed by atoms with Crippen molar-refractivity contribution in [2.24, 2.45) is 0 Å². The number of halogens is 2. The Balaban J connectivity index is 1.44. The smallest absolute Gasteiger partial charge is 0.304 e. The van der Waals surface area contributed by atoms with Gasteiger partial charge in [0.1, 0.15) is 5.75 Å². The predicted molar refractivity (Wildman–Crippen MR) is 79.4 cm³/mol. The fraction of sp³-hybridized carbons (Fsp3) is 0.438. The molecule has 1 aromatic carbocycles. The lowest BCUT2D eigenvalue weighted by Crippen LogP contribution is -2.36. The van der Waals surface area contributed by atoms with Gasteiger partial charge in [-0.3, -0.25) is 0 Å². The highest BCUT2D eigenvalue weighted by atomic mass is 19.3. The van der Waals surface area contributed by atoms with Crippen LogP contribution in [0.4, 0.5) is 8.78 Å². The summed E-state index contributed by atoms with van der Waals surface area (Å²) in [6.07, 6.45) is 4.73. The van der Waals surface area contributed by atoms with Crippen LogP contribution in [-0.2, 0) is 0 Å². The van der Waals surface area contributed by atoms with Crippen LogP contribution >= 0.6 is 0 Å². The van der Waals surface area contributed by atoms with Gasteiger partial charge in [-0.25, -0.2) is 9.58 Å². The first-order valence-electron chi connectivity index (χ1n) is 7.51. The molecule has 3 rings (SSSR count). The Labute approximate surface area is 128 Å². The van der Waals surface area contributed by atoms with Gasteiger partial charge < -0.3 is 4.74 Å². The van der Waals surface area contributed by atoms with Crippen LogP contribution in [0.15, 0.2) is 42.7 Å². The molecule has 0 unspecified atom stereocenters. The predicted octanol–water partition coefficient (Wildman–Crippen LogP) is 3.33. The van der Waals surface area contributed by atoms with E-state index in [9.17, 15) is 8.78 Å². The summed E-state index contributed by atoms with van der Waals surface area (Å²) in [6, 6.07) is 6.78. The van der Waals surface area contributed by atoms with Crippen molar-refractivity contribution in [3.63, 3.8) is 0 Å². The Hall–Kier alpha value is -1.95. The van der Waals surface area contributed by atoms with E-state index in [4.69, 9.17) is 4.74 Å². The molecule has 6 heteroatoms. The third-order valence-electron chi connectivity index (χ3n) is 3.82. The minimum atomic E-state index is -2.63. The van der Waals surface area contributed by atoms with Gasteiger partial charge in [0.25, 0.3) is 0 Å². The van der Waals surface area contributed by atoms with E-state index < -0.39 is 6.05 Å². The average Bonchev–Trinajstić information content (AvgIpc) is 3.14. The minimum Gasteiger partial charge on any atom is -0.494 e. The van der Waals surface area contributed by atoms with Crippen molar-refractivity contribution in [2.45, 2.75) is 25.3 Å². The van der Waals surface area contributed by atoms with Gasteiger partial charge >= 0.3 is 6.05 Å². The molecule has 118 valence electrons. The normalized spacial score (nSPS) is 17.7. The van der Waals surface area contributed by atoms with Crippen LogP contribution in [0.2, 0.25) is 0 Å². The van der Waals surface area contributed by atoms with E-state index in [1.54, 1.807) is 10.9 Å². The number of hydrogen-bond acceptors (Lipinski definition) is 3. The second kappa shape index (κ2) is 6.44. The van der Waals surface area contributed by atoms with Crippen LogP contribution in [0.25, 0.3) is 5.69 Å². The van der Waals surface area contributed by atoms with E-state index in [0.29, 0.717) is 32.5 Å². The first kappa shape index (κ1) is 15.0. The number of alkyl halides is 2. The van der Waals surface area contributed by atoms with Crippen LogP contribution < -0.4 is 4.74 Å². The molecule has 0 bridgehead atoms. The fourth-order valence-electron chi connectivity index (χ4n) is 2.64. The summed E-state index contributed by atoms with van der Waals surface area (Å²) >= 11 is 0. The molecule has 22 heavy (non-hydrogen) atoms. The van der Waals surface area contributed by atoms with Crippen molar-refractivity contribution in [1.82, 2.24) is 14.7 Å². The molecule has 0 atom stereocenters. The Bertz CT molecular complexity index is 584. The van der Waals surface area contributed by atoms with Gasteiger partial charge in [0.2, 0.25) is 0 Å². The molecule has 1 fully saturated rings. The molecule has 2 heterocycles. The molecule has 1 saturated heterocycles. The van der Waals surface area contributed by atoms with Gasteiger partial charge in [0.15, 0.2) is 0 Å². The van der Waals surface area contributed by atoms with Gasteiger partial charge in [-0.05, 0) is 43.2 Å². The number of likely N-dealkylation sites (tertiary alicyclic amines) is 1. The van der Waals surface area contributed by atoms with Crippen molar-refractivity contribution in [3.05, 3.63) is 42.7 Å². The molecule has 1 aromatic heterocycles. The maximum absolute atomic E-state index is 13.4. The van der Waals surface area contributed by atoms with Gasteiger partial charge in [-0.1, -0.05) is 0 Å². The zero-order valence-corrected chi connectivity index (χ0v) is 12.3. The third kappa shape index (κ3) is 3.44. The van der Waals surface area contributed by atoms with E-state index in [1.807, 2.05) is 36.5 Å². The number of ether oxygens (including phenoxy) is 1. The van der Waals surface area contributed by atoms with Crippen molar-refractivity contribution in [2.75, 3.05) is 19.7 Å². The largest absolute Gasteiger partial charge is 0.494 e. The summed E-state index contributed by atoms with van der Waals surface area (Å²) in [7, 11) is 0. The van der Waals surface area contributed by atoms with Crippen LogP contribution in [0.1, 0.15) is 19.3 Å². The molecule has 0 spiro atoms. The van der Waals surface area contributed by atoms with E-state index in [-0.39, 0.29) is 6.42 Å². The topological polar surface area (TPSA) is 30.3 Å². The van der Waals surface area contributed by atoms with Crippen molar-refractivity contribution in [3.8, 4) is 11.4 Å². The number of benzene rings is 1. The standard InChI is InChI=1S/C16H19F2N3O/c17-16(18)8-1-10-20(16)11-3-13-22-15-6-4-14(5-7-15)21-12-2-9-19-21/h2,4-7,9,12H,1,3,8,10-11,13H2. The molecule has 0 aliphatic carbocycles.